The summed E-state index contributed by atoms with van der Waals surface area (Å²) in [5, 5.41) is 0. The van der Waals surface area contributed by atoms with Crippen LogP contribution >= 0.6 is 0 Å². The molecule has 0 bridgehead atoms. The number of rotatable bonds is 2. The SMILES string of the molecule is C[C](C)=[Zr+2]([C]1=CC=CC1)[CH]1c2cc(C(C)(C)C)c(C(C)(C)C)cc2-c2cc(C(C)(C)C)c(C(C)(C)C)cc21.[Cl-].[Cl-]. The third kappa shape index (κ3) is 6.58. The van der Waals surface area contributed by atoms with Crippen LogP contribution in [-0.2, 0) is 42.9 Å². The van der Waals surface area contributed by atoms with Gasteiger partial charge in [0.2, 0.25) is 0 Å². The topological polar surface area (TPSA) is 0 Å². The Morgan fingerprint density at radius 3 is 1.23 bits per heavy atom. The van der Waals surface area contributed by atoms with Crippen LogP contribution in [0.5, 0.6) is 0 Å². The summed E-state index contributed by atoms with van der Waals surface area (Å²) in [6, 6.07) is 10.6. The van der Waals surface area contributed by atoms with E-state index in [1.807, 2.05) is 0 Å². The van der Waals surface area contributed by atoms with Crippen LogP contribution in [0, 0.1) is 0 Å². The van der Waals surface area contributed by atoms with Gasteiger partial charge in [-0.3, -0.25) is 0 Å². The number of allylic oxidation sites excluding steroid dienone is 4. The van der Waals surface area contributed by atoms with Crippen molar-refractivity contribution >= 4 is 3.21 Å². The molecule has 2 aromatic carbocycles. The Bertz CT molecular complexity index is 1290. The van der Waals surface area contributed by atoms with Crippen molar-refractivity contribution < 1.29 is 46.1 Å². The molecule has 3 heteroatoms. The van der Waals surface area contributed by atoms with Crippen LogP contribution < -0.4 is 24.8 Å². The molecule has 0 nitrogen and oxygen atoms in total. The summed E-state index contributed by atoms with van der Waals surface area (Å²) in [7, 11) is 0. The second kappa shape index (κ2) is 11.7. The van der Waals surface area contributed by atoms with E-state index in [0.717, 1.165) is 6.42 Å². The maximum Gasteiger partial charge on any atom is -1.00 e. The van der Waals surface area contributed by atoms with Gasteiger partial charge in [-0.05, 0) is 0 Å². The zero-order valence-electron chi connectivity index (χ0n) is 27.6. The molecule has 0 spiro atoms. The van der Waals surface area contributed by atoms with Crippen molar-refractivity contribution in [1.29, 1.82) is 0 Å². The molecule has 0 unspecified atom stereocenters. The van der Waals surface area contributed by atoms with Crippen molar-refractivity contribution in [2.45, 2.75) is 129 Å². The van der Waals surface area contributed by atoms with Crippen LogP contribution in [0.1, 0.15) is 140 Å². The number of halogens is 2. The van der Waals surface area contributed by atoms with Crippen LogP contribution in [0.2, 0.25) is 0 Å². The van der Waals surface area contributed by atoms with Gasteiger partial charge in [0.05, 0.1) is 0 Å². The molecule has 0 N–H and O–H groups in total. The van der Waals surface area contributed by atoms with Crippen molar-refractivity contribution in [2.24, 2.45) is 0 Å². The van der Waals surface area contributed by atoms with Gasteiger partial charge in [0.15, 0.2) is 0 Å². The molecule has 0 saturated heterocycles. The van der Waals surface area contributed by atoms with E-state index in [1.165, 1.54) is 33.4 Å². The maximum atomic E-state index is 2.67. The average Bonchev–Trinajstić information content (AvgIpc) is 3.36. The first-order valence-electron chi connectivity index (χ1n) is 14.6. The fraction of sp³-hybridized carbons (Fsp3) is 0.541. The fourth-order valence-corrected chi connectivity index (χ4v) is 14.7. The molecule has 4 rings (SSSR count). The summed E-state index contributed by atoms with van der Waals surface area (Å²) in [6.07, 6.45) is 8.31. The van der Waals surface area contributed by atoms with Crippen molar-refractivity contribution in [3.8, 4) is 11.1 Å². The van der Waals surface area contributed by atoms with E-state index in [4.69, 9.17) is 0 Å². The molecule has 0 amide bonds. The zero-order chi connectivity index (χ0) is 28.6. The molecular weight excluding hydrogens is 607 g/mol. The Hall–Kier alpha value is -0.747. The van der Waals surface area contributed by atoms with Gasteiger partial charge in [0.25, 0.3) is 0 Å². The summed E-state index contributed by atoms with van der Waals surface area (Å²) in [5.41, 5.74) is 12.8. The van der Waals surface area contributed by atoms with Crippen molar-refractivity contribution in [3.63, 3.8) is 0 Å². The molecule has 0 atom stereocenters. The molecule has 218 valence electrons. The number of hydrogen-bond donors (Lipinski definition) is 0. The summed E-state index contributed by atoms with van der Waals surface area (Å²) in [5.74, 6) is 0. The van der Waals surface area contributed by atoms with Crippen molar-refractivity contribution in [1.82, 2.24) is 0 Å². The van der Waals surface area contributed by atoms with E-state index in [-0.39, 0.29) is 46.5 Å². The fourth-order valence-electron chi connectivity index (χ4n) is 6.58. The molecule has 0 heterocycles. The quantitative estimate of drug-likeness (QED) is 0.442. The monoisotopic (exact) mass is 656 g/mol. The Balaban J connectivity index is 0.00000280. The number of hydrogen-bond acceptors (Lipinski definition) is 0. The van der Waals surface area contributed by atoms with Crippen LogP contribution in [0.4, 0.5) is 0 Å². The van der Waals surface area contributed by atoms with E-state index >= 15 is 0 Å². The predicted molar refractivity (Wildman–Crippen MR) is 167 cm³/mol. The predicted octanol–water partition coefficient (Wildman–Crippen LogP) is 4.63. The Kier molecular flexibility index (Phi) is 10.4. The average molecular weight is 659 g/mol. The second-order valence-electron chi connectivity index (χ2n) is 16.1. The smallest absolute Gasteiger partial charge is 1.00 e. The van der Waals surface area contributed by atoms with E-state index in [2.05, 4.69) is 139 Å². The molecule has 2 aromatic rings. The normalized spacial score (nSPS) is 15.0. The minimum Gasteiger partial charge on any atom is -1.00 e. The van der Waals surface area contributed by atoms with Crippen LogP contribution in [0.15, 0.2) is 45.8 Å². The first-order valence-corrected chi connectivity index (χ1v) is 18.5. The summed E-state index contributed by atoms with van der Waals surface area (Å²) in [4.78, 5) is 0. The van der Waals surface area contributed by atoms with Gasteiger partial charge in [0, 0.05) is 0 Å². The van der Waals surface area contributed by atoms with Gasteiger partial charge in [-0.25, -0.2) is 0 Å². The number of benzene rings is 2. The van der Waals surface area contributed by atoms with Crippen molar-refractivity contribution in [2.75, 3.05) is 0 Å². The largest absolute Gasteiger partial charge is 1.00 e. The molecule has 2 aliphatic carbocycles. The second-order valence-corrected chi connectivity index (χ2v) is 23.6. The standard InChI is InChI=1S/C29H41.C5H5.C3H6.2ClH.Zr/c1-26(2,3)22-14-18-13-19-15-23(27(4,5)6)25(29(10,11)12)17-21(19)20(18)16-24(22)28(7,8)9;1-2-4-5-3-1;1-3-2;;;/h13-17H,1-12H3;1-3H,4H2;1-2H3;2*1H;/q;;;;;+2/p-2. The third-order valence-corrected chi connectivity index (χ3v) is 16.7. The molecule has 0 saturated carbocycles. The molecule has 40 heavy (non-hydrogen) atoms. The summed E-state index contributed by atoms with van der Waals surface area (Å²) < 4.78 is 4.01. The third-order valence-electron chi connectivity index (χ3n) is 8.47. The van der Waals surface area contributed by atoms with E-state index in [0.29, 0.717) is 3.63 Å². The van der Waals surface area contributed by atoms with Crippen molar-refractivity contribution in [3.05, 3.63) is 79.2 Å². The Morgan fingerprint density at radius 2 is 0.950 bits per heavy atom. The zero-order valence-corrected chi connectivity index (χ0v) is 31.6. The van der Waals surface area contributed by atoms with Gasteiger partial charge in [-0.15, -0.1) is 0 Å². The molecule has 0 fully saturated rings. The van der Waals surface area contributed by atoms with Gasteiger partial charge in [-0.2, -0.15) is 0 Å². The molecule has 0 aliphatic heterocycles. The molecule has 0 aromatic heterocycles. The molecule has 0 radical (unpaired) electrons. The van der Waals surface area contributed by atoms with Crippen LogP contribution in [0.3, 0.4) is 0 Å². The molecular formula is C37H52Cl2Zr. The van der Waals surface area contributed by atoms with Gasteiger partial charge >= 0.3 is 243 Å². The maximum absolute atomic E-state index is 2.67. The van der Waals surface area contributed by atoms with Crippen LogP contribution in [-0.4, -0.2) is 3.21 Å². The van der Waals surface area contributed by atoms with E-state index < -0.39 is 21.3 Å². The number of fused-ring (bicyclic) bond motifs is 3. The first-order chi connectivity index (χ1) is 17.2. The van der Waals surface area contributed by atoms with Gasteiger partial charge in [0.1, 0.15) is 0 Å². The summed E-state index contributed by atoms with van der Waals surface area (Å²) in [6.45, 7) is 33.6. The Morgan fingerprint density at radius 1 is 0.600 bits per heavy atom. The van der Waals surface area contributed by atoms with E-state index in [1.54, 1.807) is 17.6 Å². The minimum atomic E-state index is -2.20. The van der Waals surface area contributed by atoms with Gasteiger partial charge in [-0.1, -0.05) is 0 Å². The first kappa shape index (κ1) is 35.4. The Labute approximate surface area is 266 Å². The molecule has 2 aliphatic rings. The van der Waals surface area contributed by atoms with Crippen LogP contribution in [0.25, 0.3) is 11.1 Å². The van der Waals surface area contributed by atoms with Gasteiger partial charge < -0.3 is 24.8 Å². The van der Waals surface area contributed by atoms with E-state index in [9.17, 15) is 0 Å². The summed E-state index contributed by atoms with van der Waals surface area (Å²) >= 11 is -2.20. The minimum absolute atomic E-state index is 0.